The maximum atomic E-state index is 10.6. The van der Waals surface area contributed by atoms with E-state index >= 15 is 0 Å². The number of ether oxygens (including phenoxy) is 1. The van der Waals surface area contributed by atoms with E-state index in [1.54, 1.807) is 0 Å². The lowest BCUT2D eigenvalue weighted by Gasteiger charge is -2.14. The lowest BCUT2D eigenvalue weighted by atomic mass is 10.1. The van der Waals surface area contributed by atoms with Crippen LogP contribution in [-0.2, 0) is 17.7 Å². The van der Waals surface area contributed by atoms with E-state index in [1.165, 1.54) is 0 Å². The Balaban J connectivity index is 1.76. The van der Waals surface area contributed by atoms with E-state index in [0.29, 0.717) is 32.1 Å². The molecule has 5 nitrogen and oxygen atoms in total. The number of nitrogens with one attached hydrogen (secondary N) is 1. The van der Waals surface area contributed by atoms with Gasteiger partial charge in [-0.3, -0.25) is 0 Å². The van der Waals surface area contributed by atoms with Crippen molar-refractivity contribution >= 4 is 0 Å². The number of aliphatic hydroxyl groups is 2. The first-order valence-electron chi connectivity index (χ1n) is 14.7. The molecule has 0 spiro atoms. The van der Waals surface area contributed by atoms with Crippen LogP contribution in [0.25, 0.3) is 0 Å². The summed E-state index contributed by atoms with van der Waals surface area (Å²) in [7, 11) is 0. The summed E-state index contributed by atoms with van der Waals surface area (Å²) in [4.78, 5) is 0. The number of phenols is 1. The molecule has 0 aliphatic carbocycles. The summed E-state index contributed by atoms with van der Waals surface area (Å²) in [5.74, 6) is -1.12. The van der Waals surface area contributed by atoms with E-state index in [0.717, 1.165) is 12.0 Å². The number of aromatic hydroxyl groups is 1. The Bertz CT molecular complexity index is 1070. The number of rotatable bonds is 16. The molecule has 0 aromatic heterocycles. The molecule has 166 valence electrons. The van der Waals surface area contributed by atoms with Gasteiger partial charge in [-0.25, -0.2) is 0 Å². The highest BCUT2D eigenvalue weighted by molar-refractivity contribution is 5.36. The largest absolute Gasteiger partial charge is 0.508 e. The fraction of sp³-hybridized carbons (Fsp3) is 0.520. The SMILES string of the molecule is [2H]c1c([2H])c(C(O)C([2H])([2H])NCCCCCCOC([2H])([2H])CCCc2ccccc2)c([2H])c(C([2H])([2H])O)c1O. The summed E-state index contributed by atoms with van der Waals surface area (Å²) >= 11 is 0. The van der Waals surface area contributed by atoms with Crippen molar-refractivity contribution in [1.82, 2.24) is 5.32 Å². The van der Waals surface area contributed by atoms with Gasteiger partial charge in [-0.2, -0.15) is 0 Å². The van der Waals surface area contributed by atoms with Crippen molar-refractivity contribution in [3.05, 3.63) is 65.1 Å². The Morgan fingerprint density at radius 2 is 1.83 bits per heavy atom. The topological polar surface area (TPSA) is 82.0 Å². The second kappa shape index (κ2) is 15.0. The summed E-state index contributed by atoms with van der Waals surface area (Å²) < 4.78 is 76.2. The molecule has 1 atom stereocenters. The van der Waals surface area contributed by atoms with Gasteiger partial charge in [-0.1, -0.05) is 49.2 Å². The Hall–Kier alpha value is -1.92. The van der Waals surface area contributed by atoms with Gasteiger partial charge in [0.2, 0.25) is 0 Å². The zero-order valence-electron chi connectivity index (χ0n) is 26.1. The quantitative estimate of drug-likeness (QED) is 0.305. The Morgan fingerprint density at radius 3 is 2.63 bits per heavy atom. The molecule has 0 bridgehead atoms. The standard InChI is InChI=1S/C25H37NO4/c27-20-23-18-22(13-14-24(23)28)25(29)19-26-15-7-1-2-8-16-30-17-9-6-12-21-10-4-3-5-11-21/h3-5,10-11,13-14,18,25-29H,1-2,6-9,12,15-17,19-20H2/i13D,14D,17D2,18D,19D2,20D2. The van der Waals surface area contributed by atoms with Crippen LogP contribution in [0.4, 0.5) is 0 Å². The van der Waals surface area contributed by atoms with Crippen molar-refractivity contribution in [3.63, 3.8) is 0 Å². The van der Waals surface area contributed by atoms with E-state index in [1.807, 2.05) is 30.3 Å². The van der Waals surface area contributed by atoms with Crippen LogP contribution in [0.3, 0.4) is 0 Å². The first kappa shape index (κ1) is 14.2. The maximum absolute atomic E-state index is 10.6. The predicted molar refractivity (Wildman–Crippen MR) is 121 cm³/mol. The molecular weight excluding hydrogens is 378 g/mol. The van der Waals surface area contributed by atoms with E-state index in [9.17, 15) is 15.3 Å². The van der Waals surface area contributed by atoms with E-state index in [2.05, 4.69) is 5.32 Å². The van der Waals surface area contributed by atoms with Crippen LogP contribution >= 0.6 is 0 Å². The molecule has 4 N–H and O–H groups in total. The molecule has 30 heavy (non-hydrogen) atoms. The molecule has 0 fully saturated rings. The smallest absolute Gasteiger partial charge is 0.121 e. The lowest BCUT2D eigenvalue weighted by molar-refractivity contribution is 0.126. The van der Waals surface area contributed by atoms with Crippen LogP contribution in [0.5, 0.6) is 5.75 Å². The average molecular weight is 425 g/mol. The van der Waals surface area contributed by atoms with Crippen molar-refractivity contribution in [2.45, 2.75) is 57.6 Å². The second-order valence-corrected chi connectivity index (χ2v) is 6.84. The third-order valence-corrected chi connectivity index (χ3v) is 4.42. The Kier molecular flexibility index (Phi) is 7.08. The predicted octanol–water partition coefficient (Wildman–Crippen LogP) is 4.11. The van der Waals surface area contributed by atoms with Gasteiger partial charge in [0.15, 0.2) is 0 Å². The third-order valence-electron chi connectivity index (χ3n) is 4.42. The van der Waals surface area contributed by atoms with Crippen LogP contribution in [-0.4, -0.2) is 41.5 Å². The molecule has 0 aliphatic rings. The lowest BCUT2D eigenvalue weighted by Crippen LogP contribution is -2.22. The summed E-state index contributed by atoms with van der Waals surface area (Å²) in [5, 5.41) is 32.7. The number of benzene rings is 2. The Labute approximate surface area is 193 Å². The summed E-state index contributed by atoms with van der Waals surface area (Å²) in [6, 6.07) is 7.11. The van der Waals surface area contributed by atoms with Gasteiger partial charge in [-0.15, -0.1) is 0 Å². The summed E-state index contributed by atoms with van der Waals surface area (Å²) in [6.45, 7) is -7.15. The molecule has 5 heteroatoms. The van der Waals surface area contributed by atoms with Crippen LogP contribution in [0.2, 0.25) is 0 Å². The normalized spacial score (nSPS) is 18.0. The van der Waals surface area contributed by atoms with Crippen molar-refractivity contribution < 1.29 is 32.4 Å². The van der Waals surface area contributed by atoms with Gasteiger partial charge in [0.1, 0.15) is 5.75 Å². The average Bonchev–Trinajstić information content (AvgIpc) is 2.84. The van der Waals surface area contributed by atoms with E-state index in [-0.39, 0.29) is 19.6 Å². The first-order chi connectivity index (χ1) is 18.1. The summed E-state index contributed by atoms with van der Waals surface area (Å²) in [6.07, 6.45) is 2.07. The molecule has 0 radical (unpaired) electrons. The van der Waals surface area contributed by atoms with Crippen molar-refractivity contribution in [1.29, 1.82) is 0 Å². The number of aryl methyl sites for hydroxylation is 1. The number of hydrogen-bond donors (Lipinski definition) is 4. The zero-order chi connectivity index (χ0) is 29.4. The molecule has 0 saturated heterocycles. The highest BCUT2D eigenvalue weighted by atomic mass is 16.5. The minimum atomic E-state index is -3.25. The monoisotopic (exact) mass is 424 g/mol. The van der Waals surface area contributed by atoms with Gasteiger partial charge in [0, 0.05) is 28.0 Å². The minimum absolute atomic E-state index is 0.116. The molecule has 0 heterocycles. The van der Waals surface area contributed by atoms with Gasteiger partial charge in [0.25, 0.3) is 0 Å². The van der Waals surface area contributed by atoms with Crippen LogP contribution in [0.15, 0.2) is 48.5 Å². The minimum Gasteiger partial charge on any atom is -0.508 e. The molecular formula is C25H37NO4. The summed E-state index contributed by atoms with van der Waals surface area (Å²) in [5.41, 5.74) is -0.588. The van der Waals surface area contributed by atoms with Crippen LogP contribution < -0.4 is 5.32 Å². The highest BCUT2D eigenvalue weighted by Crippen LogP contribution is 2.22. The molecule has 2 aromatic carbocycles. The van der Waals surface area contributed by atoms with Crippen LogP contribution in [0, 0.1) is 0 Å². The van der Waals surface area contributed by atoms with Crippen LogP contribution in [0.1, 0.15) is 73.7 Å². The fourth-order valence-electron chi connectivity index (χ4n) is 2.77. The van der Waals surface area contributed by atoms with Crippen molar-refractivity contribution in [2.75, 3.05) is 26.2 Å². The highest BCUT2D eigenvalue weighted by Gasteiger charge is 2.09. The maximum Gasteiger partial charge on any atom is 0.121 e. The molecule has 2 aromatic rings. The van der Waals surface area contributed by atoms with Gasteiger partial charge in [0.05, 0.1) is 22.3 Å². The molecule has 1 unspecified atom stereocenters. The zero-order valence-corrected chi connectivity index (χ0v) is 17.1. The second-order valence-electron chi connectivity index (χ2n) is 6.84. The number of hydrogen-bond acceptors (Lipinski definition) is 5. The first-order valence-corrected chi connectivity index (χ1v) is 10.2. The van der Waals surface area contributed by atoms with Crippen molar-refractivity contribution in [3.8, 4) is 5.75 Å². The third kappa shape index (κ3) is 9.72. The molecule has 2 rings (SSSR count). The van der Waals surface area contributed by atoms with Gasteiger partial charge in [-0.05, 0) is 61.9 Å². The molecule has 0 saturated carbocycles. The molecule has 0 aliphatic heterocycles. The number of aliphatic hydroxyl groups excluding tert-OH is 1. The molecule has 0 amide bonds. The van der Waals surface area contributed by atoms with Gasteiger partial charge < -0.3 is 25.4 Å². The fourth-order valence-corrected chi connectivity index (χ4v) is 2.77. The van der Waals surface area contributed by atoms with Crippen molar-refractivity contribution in [2.24, 2.45) is 0 Å². The number of unbranched alkanes of at least 4 members (excludes halogenated alkanes) is 3. The Morgan fingerprint density at radius 1 is 1.03 bits per heavy atom. The van der Waals surface area contributed by atoms with E-state index in [4.69, 9.17) is 17.1 Å². The van der Waals surface area contributed by atoms with E-state index < -0.39 is 60.7 Å². The van der Waals surface area contributed by atoms with Gasteiger partial charge >= 0.3 is 0 Å².